The quantitative estimate of drug-likeness (QED) is 0.785. The summed E-state index contributed by atoms with van der Waals surface area (Å²) in [5, 5.41) is 22.0. The van der Waals surface area contributed by atoms with Gasteiger partial charge in [0.05, 0.1) is 28.4 Å². The summed E-state index contributed by atoms with van der Waals surface area (Å²) in [5.74, 6) is 0.0927. The Morgan fingerprint density at radius 2 is 1.00 bits per heavy atom. The first-order chi connectivity index (χ1) is 8.80. The molecule has 20 heavy (non-hydrogen) atoms. The first kappa shape index (κ1) is 17.6. The van der Waals surface area contributed by atoms with E-state index in [4.69, 9.17) is 0 Å². The van der Waals surface area contributed by atoms with Crippen LogP contribution >= 0.6 is 0 Å². The Bertz CT molecular complexity index is 442. The van der Waals surface area contributed by atoms with Gasteiger partial charge < -0.3 is 10.2 Å². The van der Waals surface area contributed by atoms with Gasteiger partial charge in [0.15, 0.2) is 5.78 Å². The molecule has 114 valence electrons. The minimum atomic E-state index is -1.88. The van der Waals surface area contributed by atoms with Gasteiger partial charge in [0, 0.05) is 0 Å². The van der Waals surface area contributed by atoms with E-state index in [9.17, 15) is 15.0 Å². The number of hydrogen-bond acceptors (Lipinski definition) is 3. The summed E-state index contributed by atoms with van der Waals surface area (Å²) >= 11 is 0. The highest BCUT2D eigenvalue weighted by atomic mass is 28.3. The topological polar surface area (TPSA) is 57.5 Å². The molecule has 0 aliphatic heterocycles. The van der Waals surface area contributed by atoms with Gasteiger partial charge in [-0.15, -0.1) is 0 Å². The second-order valence-corrected chi connectivity index (χ2v) is 17.8. The number of aliphatic hydroxyl groups is 2. The maximum Gasteiger partial charge on any atom is 0.177 e. The summed E-state index contributed by atoms with van der Waals surface area (Å²) in [6.45, 7) is 16.1. The van der Waals surface area contributed by atoms with E-state index in [0.717, 1.165) is 10.4 Å². The van der Waals surface area contributed by atoms with Crippen molar-refractivity contribution in [2.45, 2.75) is 65.3 Å². The zero-order valence-corrected chi connectivity index (χ0v) is 16.0. The molecule has 2 atom stereocenters. The predicted octanol–water partition coefficient (Wildman–Crippen LogP) is 2.68. The molecule has 0 aromatic carbocycles. The fourth-order valence-electron chi connectivity index (χ4n) is 3.00. The van der Waals surface area contributed by atoms with Crippen LogP contribution in [0.3, 0.4) is 0 Å². The Morgan fingerprint density at radius 1 is 0.750 bits per heavy atom. The van der Waals surface area contributed by atoms with Gasteiger partial charge in [-0.05, 0) is 35.4 Å². The maximum atomic E-state index is 13.0. The van der Waals surface area contributed by atoms with E-state index < -0.39 is 28.4 Å². The van der Waals surface area contributed by atoms with Crippen LogP contribution in [-0.4, -0.2) is 44.4 Å². The summed E-state index contributed by atoms with van der Waals surface area (Å²) < 4.78 is 0. The Kier molecular flexibility index (Phi) is 4.71. The lowest BCUT2D eigenvalue weighted by molar-refractivity contribution is -0.111. The molecule has 0 saturated heterocycles. The second-order valence-electron chi connectivity index (χ2n) is 7.76. The zero-order valence-electron chi connectivity index (χ0n) is 14.0. The number of aliphatic hydroxyl groups excluding tert-OH is 2. The third-order valence-electron chi connectivity index (χ3n) is 3.62. The molecule has 1 rings (SSSR count). The van der Waals surface area contributed by atoms with Crippen molar-refractivity contribution in [1.82, 2.24) is 0 Å². The van der Waals surface area contributed by atoms with Crippen molar-refractivity contribution in [3.05, 3.63) is 21.5 Å². The first-order valence-corrected chi connectivity index (χ1v) is 14.2. The van der Waals surface area contributed by atoms with E-state index in [1.54, 1.807) is 13.8 Å². The number of Topliss-reactive ketones (excluding diaryl/α,β-unsaturated/α-hetero) is 1. The van der Waals surface area contributed by atoms with Crippen molar-refractivity contribution in [1.29, 1.82) is 0 Å². The van der Waals surface area contributed by atoms with Gasteiger partial charge in [-0.3, -0.25) is 4.79 Å². The van der Waals surface area contributed by atoms with Crippen molar-refractivity contribution in [2.75, 3.05) is 0 Å². The van der Waals surface area contributed by atoms with E-state index in [2.05, 4.69) is 39.3 Å². The summed E-state index contributed by atoms with van der Waals surface area (Å²) in [7, 11) is -3.76. The molecule has 0 saturated carbocycles. The maximum absolute atomic E-state index is 13.0. The molecule has 1 aliphatic carbocycles. The number of rotatable bonds is 4. The van der Waals surface area contributed by atoms with Crippen LogP contribution in [0.5, 0.6) is 0 Å². The van der Waals surface area contributed by atoms with Crippen molar-refractivity contribution in [3.63, 3.8) is 0 Å². The Balaban J connectivity index is 3.71. The number of hydrogen-bond donors (Lipinski definition) is 2. The second kappa shape index (κ2) is 5.37. The van der Waals surface area contributed by atoms with Crippen molar-refractivity contribution in [3.8, 4) is 0 Å². The van der Waals surface area contributed by atoms with Crippen LogP contribution in [0.2, 0.25) is 39.3 Å². The van der Waals surface area contributed by atoms with Crippen LogP contribution in [0.15, 0.2) is 21.5 Å². The fraction of sp³-hybridized carbons (Fsp3) is 0.667. The minimum Gasteiger partial charge on any atom is -0.389 e. The van der Waals surface area contributed by atoms with Crippen LogP contribution in [0.1, 0.15) is 13.8 Å². The molecule has 0 spiro atoms. The van der Waals surface area contributed by atoms with Crippen molar-refractivity contribution < 1.29 is 15.0 Å². The standard InChI is InChI=1S/C15H28O3Si2/c1-9(16)11-12(10(2)17)15(20(6,7)8)13(18)14(11)19(3,4)5/h9-10,16-17H,1-8H3/t9-,10-/m0/s1. The van der Waals surface area contributed by atoms with Gasteiger partial charge in [-0.1, -0.05) is 39.3 Å². The third kappa shape index (κ3) is 3.06. The molecular weight excluding hydrogens is 284 g/mol. The van der Waals surface area contributed by atoms with Gasteiger partial charge in [-0.2, -0.15) is 0 Å². The Morgan fingerprint density at radius 3 is 1.15 bits per heavy atom. The van der Waals surface area contributed by atoms with Gasteiger partial charge >= 0.3 is 0 Å². The van der Waals surface area contributed by atoms with Crippen LogP contribution in [-0.2, 0) is 4.79 Å². The molecule has 5 heteroatoms. The molecule has 0 aromatic rings. The largest absolute Gasteiger partial charge is 0.389 e. The van der Waals surface area contributed by atoms with Gasteiger partial charge in [0.1, 0.15) is 0 Å². The molecule has 0 heterocycles. The molecule has 0 fully saturated rings. The smallest absolute Gasteiger partial charge is 0.177 e. The summed E-state index contributed by atoms with van der Waals surface area (Å²) in [6.07, 6.45) is -1.42. The lowest BCUT2D eigenvalue weighted by Crippen LogP contribution is -2.35. The SMILES string of the molecule is C[C@H](O)C1=C([Si](C)(C)C)C(=O)C([Si](C)(C)C)=C1[C@H](C)O. The summed E-state index contributed by atoms with van der Waals surface area (Å²) in [6, 6.07) is 0. The van der Waals surface area contributed by atoms with E-state index in [1.165, 1.54) is 0 Å². The van der Waals surface area contributed by atoms with Crippen LogP contribution in [0.4, 0.5) is 0 Å². The molecule has 1 aliphatic rings. The molecule has 3 nitrogen and oxygen atoms in total. The van der Waals surface area contributed by atoms with E-state index in [-0.39, 0.29) is 5.78 Å². The molecular formula is C15H28O3Si2. The fourth-order valence-corrected chi connectivity index (χ4v) is 7.04. The third-order valence-corrected chi connectivity index (χ3v) is 7.61. The number of ketones is 1. The van der Waals surface area contributed by atoms with Gasteiger partial charge in [0.2, 0.25) is 0 Å². The van der Waals surface area contributed by atoms with Crippen molar-refractivity contribution in [2.24, 2.45) is 0 Å². The Labute approximate surface area is 124 Å². The number of carbonyl (C=O) groups is 1. The van der Waals surface area contributed by atoms with Crippen LogP contribution in [0.25, 0.3) is 0 Å². The average Bonchev–Trinajstić information content (AvgIpc) is 2.49. The lowest BCUT2D eigenvalue weighted by Gasteiger charge is -2.23. The molecule has 0 unspecified atom stereocenters. The van der Waals surface area contributed by atoms with Crippen molar-refractivity contribution >= 4 is 21.9 Å². The molecule has 0 aromatic heterocycles. The van der Waals surface area contributed by atoms with Crippen LogP contribution < -0.4 is 0 Å². The van der Waals surface area contributed by atoms with E-state index >= 15 is 0 Å². The number of allylic oxidation sites excluding steroid dienone is 2. The molecule has 0 amide bonds. The predicted molar refractivity (Wildman–Crippen MR) is 89.1 cm³/mol. The monoisotopic (exact) mass is 312 g/mol. The van der Waals surface area contributed by atoms with E-state index in [1.807, 2.05) is 0 Å². The lowest BCUT2D eigenvalue weighted by atomic mass is 10.0. The highest BCUT2D eigenvalue weighted by Crippen LogP contribution is 2.41. The highest BCUT2D eigenvalue weighted by molar-refractivity contribution is 6.94. The van der Waals surface area contributed by atoms with Gasteiger partial charge in [0.25, 0.3) is 0 Å². The Hall–Kier alpha value is -0.496. The molecule has 2 N–H and O–H groups in total. The summed E-state index contributed by atoms with van der Waals surface area (Å²) in [4.78, 5) is 13.0. The first-order valence-electron chi connectivity index (χ1n) is 7.20. The summed E-state index contributed by atoms with van der Waals surface area (Å²) in [5.41, 5.74) is 1.42. The molecule has 0 bridgehead atoms. The zero-order chi connectivity index (χ0) is 16.0. The van der Waals surface area contributed by atoms with Crippen LogP contribution in [0, 0.1) is 0 Å². The molecule has 0 radical (unpaired) electrons. The highest BCUT2D eigenvalue weighted by Gasteiger charge is 2.45. The average molecular weight is 313 g/mol. The van der Waals surface area contributed by atoms with Gasteiger partial charge in [-0.25, -0.2) is 0 Å². The number of carbonyl (C=O) groups excluding carboxylic acids is 1. The normalized spacial score (nSPS) is 20.8. The van der Waals surface area contributed by atoms with E-state index in [0.29, 0.717) is 11.1 Å². The minimum absolute atomic E-state index is 0.0927.